The van der Waals surface area contributed by atoms with Crippen LogP contribution in [0.5, 0.6) is 11.5 Å². The zero-order valence-electron chi connectivity index (χ0n) is 8.46. The molecule has 0 aliphatic heterocycles. The van der Waals surface area contributed by atoms with Crippen LogP contribution in [0.2, 0.25) is 0 Å². The molecule has 6 heteroatoms. The SMILES string of the molecule is NCCCOc1ccc(OC(F)(F)F)cc1. The van der Waals surface area contributed by atoms with E-state index in [1.54, 1.807) is 0 Å². The number of hydrogen-bond donors (Lipinski definition) is 1. The highest BCUT2D eigenvalue weighted by Crippen LogP contribution is 2.24. The van der Waals surface area contributed by atoms with Crippen molar-refractivity contribution in [2.24, 2.45) is 5.73 Å². The van der Waals surface area contributed by atoms with Gasteiger partial charge in [0.25, 0.3) is 0 Å². The van der Waals surface area contributed by atoms with E-state index < -0.39 is 6.36 Å². The fourth-order valence-electron chi connectivity index (χ4n) is 1.01. The van der Waals surface area contributed by atoms with Crippen LogP contribution >= 0.6 is 0 Å². The van der Waals surface area contributed by atoms with E-state index in [9.17, 15) is 13.2 Å². The van der Waals surface area contributed by atoms with Crippen molar-refractivity contribution in [1.82, 2.24) is 0 Å². The van der Waals surface area contributed by atoms with Gasteiger partial charge >= 0.3 is 6.36 Å². The highest BCUT2D eigenvalue weighted by molar-refractivity contribution is 5.31. The first kappa shape index (κ1) is 12.6. The van der Waals surface area contributed by atoms with E-state index in [0.717, 1.165) is 0 Å². The minimum absolute atomic E-state index is 0.265. The summed E-state index contributed by atoms with van der Waals surface area (Å²) in [5, 5.41) is 0. The number of halogens is 3. The third-order valence-corrected chi connectivity index (χ3v) is 1.67. The number of nitrogens with two attached hydrogens (primary N) is 1. The summed E-state index contributed by atoms with van der Waals surface area (Å²) in [5.41, 5.74) is 5.26. The second-order valence-electron chi connectivity index (χ2n) is 3.01. The molecule has 0 saturated heterocycles. The van der Waals surface area contributed by atoms with Crippen LogP contribution in [-0.2, 0) is 0 Å². The minimum atomic E-state index is -4.66. The topological polar surface area (TPSA) is 44.5 Å². The summed E-state index contributed by atoms with van der Waals surface area (Å²) in [6, 6.07) is 5.23. The lowest BCUT2D eigenvalue weighted by atomic mass is 10.3. The van der Waals surface area contributed by atoms with Crippen molar-refractivity contribution in [2.45, 2.75) is 12.8 Å². The van der Waals surface area contributed by atoms with Gasteiger partial charge in [0.2, 0.25) is 0 Å². The Morgan fingerprint density at radius 3 is 2.12 bits per heavy atom. The van der Waals surface area contributed by atoms with Gasteiger partial charge in [-0.3, -0.25) is 0 Å². The molecule has 2 N–H and O–H groups in total. The Morgan fingerprint density at radius 2 is 1.62 bits per heavy atom. The van der Waals surface area contributed by atoms with Crippen molar-refractivity contribution in [3.05, 3.63) is 24.3 Å². The Hall–Kier alpha value is -1.43. The molecule has 0 aliphatic rings. The van der Waals surface area contributed by atoms with Gasteiger partial charge < -0.3 is 15.2 Å². The monoisotopic (exact) mass is 235 g/mol. The van der Waals surface area contributed by atoms with Crippen LogP contribution in [0.3, 0.4) is 0 Å². The molecule has 1 aromatic rings. The van der Waals surface area contributed by atoms with E-state index in [1.807, 2.05) is 0 Å². The number of hydrogen-bond acceptors (Lipinski definition) is 3. The van der Waals surface area contributed by atoms with Crippen molar-refractivity contribution in [3.8, 4) is 11.5 Å². The molecule has 0 fully saturated rings. The zero-order valence-corrected chi connectivity index (χ0v) is 8.46. The average molecular weight is 235 g/mol. The summed E-state index contributed by atoms with van der Waals surface area (Å²) < 4.78 is 44.4. The van der Waals surface area contributed by atoms with Crippen LogP contribution in [0.4, 0.5) is 13.2 Å². The highest BCUT2D eigenvalue weighted by Gasteiger charge is 2.30. The summed E-state index contributed by atoms with van der Waals surface area (Å²) >= 11 is 0. The van der Waals surface area contributed by atoms with Crippen LogP contribution in [-0.4, -0.2) is 19.5 Å². The van der Waals surface area contributed by atoms with Gasteiger partial charge in [0, 0.05) is 0 Å². The fourth-order valence-corrected chi connectivity index (χ4v) is 1.01. The molecule has 0 bridgehead atoms. The second-order valence-corrected chi connectivity index (χ2v) is 3.01. The maximum absolute atomic E-state index is 11.8. The number of ether oxygens (including phenoxy) is 2. The van der Waals surface area contributed by atoms with Crippen molar-refractivity contribution < 1.29 is 22.6 Å². The lowest BCUT2D eigenvalue weighted by Gasteiger charge is -2.09. The Balaban J connectivity index is 2.48. The molecule has 0 aromatic heterocycles. The Kier molecular flexibility index (Phi) is 4.42. The summed E-state index contributed by atoms with van der Waals surface area (Å²) in [6.07, 6.45) is -3.97. The van der Waals surface area contributed by atoms with Gasteiger partial charge in [0.05, 0.1) is 6.61 Å². The normalized spacial score (nSPS) is 11.2. The van der Waals surface area contributed by atoms with E-state index in [-0.39, 0.29) is 5.75 Å². The van der Waals surface area contributed by atoms with Crippen LogP contribution in [0.15, 0.2) is 24.3 Å². The summed E-state index contributed by atoms with van der Waals surface area (Å²) in [7, 11) is 0. The summed E-state index contributed by atoms with van der Waals surface area (Å²) in [4.78, 5) is 0. The maximum Gasteiger partial charge on any atom is 0.573 e. The predicted molar refractivity (Wildman–Crippen MR) is 52.3 cm³/mol. The first-order valence-electron chi connectivity index (χ1n) is 4.70. The quantitative estimate of drug-likeness (QED) is 0.796. The standard InChI is InChI=1S/C10H12F3NO2/c11-10(12,13)16-9-4-2-8(3-5-9)15-7-1-6-14/h2-5H,1,6-7,14H2. The lowest BCUT2D eigenvalue weighted by molar-refractivity contribution is -0.274. The molecular weight excluding hydrogens is 223 g/mol. The van der Waals surface area contributed by atoms with Crippen molar-refractivity contribution in [1.29, 1.82) is 0 Å². The van der Waals surface area contributed by atoms with Gasteiger partial charge in [-0.15, -0.1) is 13.2 Å². The van der Waals surface area contributed by atoms with Crippen molar-refractivity contribution >= 4 is 0 Å². The molecule has 0 amide bonds. The number of alkyl halides is 3. The largest absolute Gasteiger partial charge is 0.573 e. The van der Waals surface area contributed by atoms with Crippen LogP contribution < -0.4 is 15.2 Å². The van der Waals surface area contributed by atoms with Crippen molar-refractivity contribution in [3.63, 3.8) is 0 Å². The fraction of sp³-hybridized carbons (Fsp3) is 0.400. The molecule has 16 heavy (non-hydrogen) atoms. The molecule has 90 valence electrons. The van der Waals surface area contributed by atoms with Gasteiger partial charge in [0.15, 0.2) is 0 Å². The minimum Gasteiger partial charge on any atom is -0.494 e. The second kappa shape index (κ2) is 5.60. The van der Waals surface area contributed by atoms with E-state index in [2.05, 4.69) is 4.74 Å². The van der Waals surface area contributed by atoms with Gasteiger partial charge in [0.1, 0.15) is 11.5 Å². The first-order chi connectivity index (χ1) is 7.51. The number of rotatable bonds is 5. The molecular formula is C10H12F3NO2. The molecule has 0 aliphatic carbocycles. The first-order valence-corrected chi connectivity index (χ1v) is 4.70. The molecule has 3 nitrogen and oxygen atoms in total. The zero-order chi connectivity index (χ0) is 12.0. The molecule has 0 saturated carbocycles. The van der Waals surface area contributed by atoms with Gasteiger partial charge in [-0.1, -0.05) is 0 Å². The van der Waals surface area contributed by atoms with Crippen LogP contribution in [0.25, 0.3) is 0 Å². The smallest absolute Gasteiger partial charge is 0.494 e. The number of benzene rings is 1. The molecule has 0 unspecified atom stereocenters. The van der Waals surface area contributed by atoms with Crippen LogP contribution in [0, 0.1) is 0 Å². The molecule has 1 rings (SSSR count). The van der Waals surface area contributed by atoms with Crippen LogP contribution in [0.1, 0.15) is 6.42 Å². The lowest BCUT2D eigenvalue weighted by Crippen LogP contribution is -2.17. The molecule has 0 spiro atoms. The third-order valence-electron chi connectivity index (χ3n) is 1.67. The third kappa shape index (κ3) is 4.88. The van der Waals surface area contributed by atoms with E-state index in [4.69, 9.17) is 10.5 Å². The van der Waals surface area contributed by atoms with Gasteiger partial charge in [-0.2, -0.15) is 0 Å². The summed E-state index contributed by atoms with van der Waals surface area (Å²) in [5.74, 6) is 0.224. The molecule has 1 aromatic carbocycles. The van der Waals surface area contributed by atoms with Gasteiger partial charge in [-0.05, 0) is 37.2 Å². The summed E-state index contributed by atoms with van der Waals surface area (Å²) in [6.45, 7) is 0.950. The van der Waals surface area contributed by atoms with E-state index in [0.29, 0.717) is 25.3 Å². The van der Waals surface area contributed by atoms with E-state index in [1.165, 1.54) is 24.3 Å². The predicted octanol–water partition coefficient (Wildman–Crippen LogP) is 2.31. The average Bonchev–Trinajstić information content (AvgIpc) is 2.19. The Bertz CT molecular complexity index is 311. The molecule has 0 heterocycles. The Labute approximate surface area is 91.0 Å². The maximum atomic E-state index is 11.8. The van der Waals surface area contributed by atoms with E-state index >= 15 is 0 Å². The Morgan fingerprint density at radius 1 is 1.06 bits per heavy atom. The molecule has 0 atom stereocenters. The van der Waals surface area contributed by atoms with Crippen molar-refractivity contribution in [2.75, 3.05) is 13.2 Å². The molecule has 0 radical (unpaired) electrons. The van der Waals surface area contributed by atoms with Gasteiger partial charge in [-0.25, -0.2) is 0 Å². The highest BCUT2D eigenvalue weighted by atomic mass is 19.4.